The van der Waals surface area contributed by atoms with E-state index in [1.807, 2.05) is 12.4 Å². The summed E-state index contributed by atoms with van der Waals surface area (Å²) >= 11 is 0. The van der Waals surface area contributed by atoms with Crippen molar-refractivity contribution >= 4 is 0 Å². The molecular weight excluding hydrogens is 172 g/mol. The monoisotopic (exact) mass is 186 g/mol. The lowest BCUT2D eigenvalue weighted by Crippen LogP contribution is -2.00. The molecule has 14 heavy (non-hydrogen) atoms. The number of para-hydroxylation sites is 1. The summed E-state index contributed by atoms with van der Waals surface area (Å²) in [5, 5.41) is 0. The maximum atomic E-state index is 4.32. The van der Waals surface area contributed by atoms with Gasteiger partial charge in [-0.3, -0.25) is 0 Å². The van der Waals surface area contributed by atoms with Crippen LogP contribution in [0.25, 0.3) is 5.69 Å². The van der Waals surface area contributed by atoms with Gasteiger partial charge >= 0.3 is 0 Å². The molecule has 0 atom stereocenters. The molecule has 2 rings (SSSR count). The van der Waals surface area contributed by atoms with Crippen LogP contribution in [0.4, 0.5) is 0 Å². The van der Waals surface area contributed by atoms with Crippen molar-refractivity contribution in [3.05, 3.63) is 48.0 Å². The summed E-state index contributed by atoms with van der Waals surface area (Å²) in [4.78, 5) is 4.32. The lowest BCUT2D eigenvalue weighted by atomic mass is 10.2. The molecule has 0 saturated heterocycles. The van der Waals surface area contributed by atoms with Gasteiger partial charge in [0.2, 0.25) is 0 Å². The fourth-order valence-corrected chi connectivity index (χ4v) is 1.65. The summed E-state index contributed by atoms with van der Waals surface area (Å²) in [6, 6.07) is 8.36. The molecule has 1 heterocycles. The second-order valence-corrected chi connectivity index (χ2v) is 3.35. The fourth-order valence-electron chi connectivity index (χ4n) is 1.65. The van der Waals surface area contributed by atoms with E-state index in [0.29, 0.717) is 0 Å². The average Bonchev–Trinajstić information content (AvgIpc) is 2.66. The Morgan fingerprint density at radius 3 is 2.79 bits per heavy atom. The molecule has 1 aromatic heterocycles. The molecule has 2 nitrogen and oxygen atoms in total. The largest absolute Gasteiger partial charge is 0.304 e. The second-order valence-electron chi connectivity index (χ2n) is 3.35. The van der Waals surface area contributed by atoms with Crippen LogP contribution in [0.3, 0.4) is 0 Å². The third kappa shape index (κ3) is 1.43. The minimum atomic E-state index is 0.960. The van der Waals surface area contributed by atoms with Crippen molar-refractivity contribution in [2.45, 2.75) is 20.3 Å². The molecule has 0 aliphatic carbocycles. The van der Waals surface area contributed by atoms with E-state index in [2.05, 4.69) is 47.7 Å². The Bertz CT molecular complexity index is 429. The molecule has 0 saturated carbocycles. The van der Waals surface area contributed by atoms with E-state index >= 15 is 0 Å². The summed E-state index contributed by atoms with van der Waals surface area (Å²) < 4.78 is 2.15. The number of hydrogen-bond acceptors (Lipinski definition) is 1. The van der Waals surface area contributed by atoms with Gasteiger partial charge in [0.05, 0.1) is 0 Å². The first kappa shape index (κ1) is 9.00. The smallest absolute Gasteiger partial charge is 0.112 e. The third-order valence-corrected chi connectivity index (χ3v) is 2.41. The Morgan fingerprint density at radius 1 is 1.29 bits per heavy atom. The van der Waals surface area contributed by atoms with E-state index < -0.39 is 0 Å². The summed E-state index contributed by atoms with van der Waals surface area (Å²) in [5.41, 5.74) is 2.50. The van der Waals surface area contributed by atoms with Crippen molar-refractivity contribution in [3.63, 3.8) is 0 Å². The standard InChI is InChI=1S/C12H14N2/c1-3-12-13-8-9-14(12)11-7-5-4-6-10(11)2/h4-9H,3H2,1-2H3. The van der Waals surface area contributed by atoms with Gasteiger partial charge in [-0.05, 0) is 18.6 Å². The highest BCUT2D eigenvalue weighted by Crippen LogP contribution is 2.15. The van der Waals surface area contributed by atoms with Crippen LogP contribution >= 0.6 is 0 Å². The summed E-state index contributed by atoms with van der Waals surface area (Å²) in [6.45, 7) is 4.24. The predicted octanol–water partition coefficient (Wildman–Crippen LogP) is 2.74. The molecule has 0 amide bonds. The third-order valence-electron chi connectivity index (χ3n) is 2.41. The molecule has 72 valence electrons. The van der Waals surface area contributed by atoms with Crippen LogP contribution in [0, 0.1) is 6.92 Å². The van der Waals surface area contributed by atoms with Crippen LogP contribution in [-0.2, 0) is 6.42 Å². The Balaban J connectivity index is 2.54. The zero-order valence-electron chi connectivity index (χ0n) is 8.57. The maximum absolute atomic E-state index is 4.32. The minimum absolute atomic E-state index is 0.960. The van der Waals surface area contributed by atoms with Crippen molar-refractivity contribution in [2.75, 3.05) is 0 Å². The van der Waals surface area contributed by atoms with E-state index in [4.69, 9.17) is 0 Å². The van der Waals surface area contributed by atoms with Crippen molar-refractivity contribution in [3.8, 4) is 5.69 Å². The summed E-state index contributed by atoms with van der Waals surface area (Å²) in [5.74, 6) is 1.11. The number of benzene rings is 1. The van der Waals surface area contributed by atoms with E-state index in [1.165, 1.54) is 11.3 Å². The summed E-state index contributed by atoms with van der Waals surface area (Å²) in [7, 11) is 0. The SMILES string of the molecule is CCc1nccn1-c1ccccc1C. The molecule has 0 bridgehead atoms. The first-order valence-corrected chi connectivity index (χ1v) is 4.91. The van der Waals surface area contributed by atoms with Crippen LogP contribution < -0.4 is 0 Å². The molecule has 0 fully saturated rings. The van der Waals surface area contributed by atoms with Crippen LogP contribution in [0.1, 0.15) is 18.3 Å². The Kier molecular flexibility index (Phi) is 2.35. The van der Waals surface area contributed by atoms with E-state index in [0.717, 1.165) is 12.2 Å². The van der Waals surface area contributed by atoms with E-state index in [1.54, 1.807) is 0 Å². The van der Waals surface area contributed by atoms with E-state index in [9.17, 15) is 0 Å². The highest BCUT2D eigenvalue weighted by atomic mass is 15.1. The van der Waals surface area contributed by atoms with Crippen molar-refractivity contribution < 1.29 is 0 Å². The van der Waals surface area contributed by atoms with Crippen LogP contribution in [0.2, 0.25) is 0 Å². The molecular formula is C12H14N2. The molecule has 0 radical (unpaired) electrons. The zero-order valence-corrected chi connectivity index (χ0v) is 8.57. The first-order valence-electron chi connectivity index (χ1n) is 4.91. The van der Waals surface area contributed by atoms with Gasteiger partial charge in [0.15, 0.2) is 0 Å². The normalized spacial score (nSPS) is 10.4. The molecule has 0 spiro atoms. The van der Waals surface area contributed by atoms with Gasteiger partial charge in [0.1, 0.15) is 5.82 Å². The van der Waals surface area contributed by atoms with Gasteiger partial charge in [-0.1, -0.05) is 25.1 Å². The topological polar surface area (TPSA) is 17.8 Å². The van der Waals surface area contributed by atoms with Gasteiger partial charge in [-0.2, -0.15) is 0 Å². The molecule has 1 aromatic carbocycles. The van der Waals surface area contributed by atoms with Crippen LogP contribution in [0.5, 0.6) is 0 Å². The molecule has 2 aromatic rings. The number of aromatic nitrogens is 2. The highest BCUT2D eigenvalue weighted by Gasteiger charge is 2.03. The highest BCUT2D eigenvalue weighted by molar-refractivity contribution is 5.40. The Labute approximate surface area is 84.2 Å². The van der Waals surface area contributed by atoms with Gasteiger partial charge < -0.3 is 4.57 Å². The number of nitrogens with zero attached hydrogens (tertiary/aromatic N) is 2. The lowest BCUT2D eigenvalue weighted by Gasteiger charge is -2.08. The lowest BCUT2D eigenvalue weighted by molar-refractivity contribution is 0.886. The number of rotatable bonds is 2. The Hall–Kier alpha value is -1.57. The van der Waals surface area contributed by atoms with Crippen molar-refractivity contribution in [1.82, 2.24) is 9.55 Å². The summed E-state index contributed by atoms with van der Waals surface area (Å²) in [6.07, 6.45) is 4.83. The zero-order chi connectivity index (χ0) is 9.97. The van der Waals surface area contributed by atoms with Gasteiger partial charge in [-0.25, -0.2) is 4.98 Å². The molecule has 0 aliphatic rings. The molecule has 0 aliphatic heterocycles. The first-order chi connectivity index (χ1) is 6.83. The molecule has 2 heteroatoms. The molecule has 0 unspecified atom stereocenters. The van der Waals surface area contributed by atoms with Crippen LogP contribution in [0.15, 0.2) is 36.7 Å². The van der Waals surface area contributed by atoms with Gasteiger partial charge in [-0.15, -0.1) is 0 Å². The number of imidazole rings is 1. The van der Waals surface area contributed by atoms with Crippen LogP contribution in [-0.4, -0.2) is 9.55 Å². The average molecular weight is 186 g/mol. The van der Waals surface area contributed by atoms with Crippen molar-refractivity contribution in [2.24, 2.45) is 0 Å². The van der Waals surface area contributed by atoms with Crippen molar-refractivity contribution in [1.29, 1.82) is 0 Å². The van der Waals surface area contributed by atoms with Gasteiger partial charge in [0.25, 0.3) is 0 Å². The molecule has 0 N–H and O–H groups in total. The number of hydrogen-bond donors (Lipinski definition) is 0. The maximum Gasteiger partial charge on any atom is 0.112 e. The predicted molar refractivity (Wildman–Crippen MR) is 57.7 cm³/mol. The van der Waals surface area contributed by atoms with E-state index in [-0.39, 0.29) is 0 Å². The quantitative estimate of drug-likeness (QED) is 0.705. The number of aryl methyl sites for hydroxylation is 2. The minimum Gasteiger partial charge on any atom is -0.304 e. The Morgan fingerprint density at radius 2 is 2.07 bits per heavy atom. The second kappa shape index (κ2) is 3.66. The van der Waals surface area contributed by atoms with Gasteiger partial charge in [0, 0.05) is 24.5 Å². The fraction of sp³-hybridized carbons (Fsp3) is 0.250.